The van der Waals surface area contributed by atoms with Crippen LogP contribution in [0.5, 0.6) is 5.75 Å². The molecule has 0 bridgehead atoms. The van der Waals surface area contributed by atoms with E-state index in [0.717, 1.165) is 42.7 Å². The minimum absolute atomic E-state index is 0.188. The van der Waals surface area contributed by atoms with Gasteiger partial charge in [-0.3, -0.25) is 0 Å². The number of rotatable bonds is 10. The molecule has 0 aliphatic rings. The van der Waals surface area contributed by atoms with E-state index in [1.54, 1.807) is 7.11 Å². The molecule has 0 heterocycles. The van der Waals surface area contributed by atoms with Gasteiger partial charge in [0.05, 0.1) is 18.6 Å². The van der Waals surface area contributed by atoms with Gasteiger partial charge in [-0.05, 0) is 73.0 Å². The first-order chi connectivity index (χ1) is 14.3. The Hall–Kier alpha value is -2.31. The largest absolute Gasteiger partial charge is 0.496 e. The fraction of sp³-hybridized carbons (Fsp3) is 0.519. The van der Waals surface area contributed by atoms with E-state index in [-0.39, 0.29) is 5.92 Å². The molecular formula is C27H38N2O. The van der Waals surface area contributed by atoms with Crippen LogP contribution in [0.4, 0.5) is 0 Å². The molecule has 0 aliphatic heterocycles. The third kappa shape index (κ3) is 5.24. The second kappa shape index (κ2) is 10.6. The Labute approximate surface area is 183 Å². The third-order valence-electron chi connectivity index (χ3n) is 6.44. The molecule has 0 aliphatic carbocycles. The zero-order valence-corrected chi connectivity index (χ0v) is 19.9. The van der Waals surface area contributed by atoms with Gasteiger partial charge < -0.3 is 9.64 Å². The molecule has 0 aromatic heterocycles. The van der Waals surface area contributed by atoms with Crippen molar-refractivity contribution in [1.29, 1.82) is 5.26 Å². The number of methoxy groups -OCH3 is 1. The topological polar surface area (TPSA) is 36.3 Å². The molecule has 3 nitrogen and oxygen atoms in total. The molecule has 0 radical (unpaired) electrons. The van der Waals surface area contributed by atoms with Crippen molar-refractivity contribution in [3.8, 4) is 11.8 Å². The lowest BCUT2D eigenvalue weighted by atomic mass is 9.72. The number of nitrogens with zero attached hydrogens (tertiary/aromatic N) is 2. The normalized spacial score (nSPS) is 13.3. The van der Waals surface area contributed by atoms with E-state index >= 15 is 0 Å². The summed E-state index contributed by atoms with van der Waals surface area (Å²) in [5, 5.41) is 10.3. The molecule has 1 unspecified atom stereocenters. The average molecular weight is 407 g/mol. The van der Waals surface area contributed by atoms with Crippen LogP contribution in [0.15, 0.2) is 36.4 Å². The van der Waals surface area contributed by atoms with Crippen molar-refractivity contribution in [2.24, 2.45) is 5.92 Å². The summed E-state index contributed by atoms with van der Waals surface area (Å²) in [6, 6.07) is 15.8. The second-order valence-corrected chi connectivity index (χ2v) is 8.72. The summed E-state index contributed by atoms with van der Waals surface area (Å²) in [6.45, 7) is 12.4. The summed E-state index contributed by atoms with van der Waals surface area (Å²) in [6.07, 6.45) is 3.15. The fourth-order valence-corrected chi connectivity index (χ4v) is 4.27. The van der Waals surface area contributed by atoms with Crippen molar-refractivity contribution < 1.29 is 4.74 Å². The first-order valence-electron chi connectivity index (χ1n) is 11.2. The zero-order valence-electron chi connectivity index (χ0n) is 19.9. The second-order valence-electron chi connectivity index (χ2n) is 8.72. The molecule has 1 atom stereocenters. The molecule has 0 spiro atoms. The molecule has 0 N–H and O–H groups in total. The van der Waals surface area contributed by atoms with Gasteiger partial charge in [0.15, 0.2) is 0 Å². The highest BCUT2D eigenvalue weighted by Crippen LogP contribution is 2.35. The van der Waals surface area contributed by atoms with Gasteiger partial charge in [-0.25, -0.2) is 0 Å². The van der Waals surface area contributed by atoms with Crippen LogP contribution in [0.3, 0.4) is 0 Å². The Bertz CT molecular complexity index is 881. The maximum absolute atomic E-state index is 10.3. The number of hydrogen-bond acceptors (Lipinski definition) is 3. The summed E-state index contributed by atoms with van der Waals surface area (Å²) in [7, 11) is 3.82. The van der Waals surface area contributed by atoms with Gasteiger partial charge in [0.2, 0.25) is 0 Å². The van der Waals surface area contributed by atoms with Crippen LogP contribution in [-0.4, -0.2) is 32.1 Å². The van der Waals surface area contributed by atoms with Crippen LogP contribution in [-0.2, 0) is 24.7 Å². The lowest BCUT2D eigenvalue weighted by molar-refractivity contribution is 0.240. The van der Waals surface area contributed by atoms with Gasteiger partial charge in [-0.15, -0.1) is 0 Å². The third-order valence-corrected chi connectivity index (χ3v) is 6.44. The molecule has 2 aromatic carbocycles. The average Bonchev–Trinajstić information content (AvgIpc) is 2.75. The smallest absolute Gasteiger partial charge is 0.122 e. The standard InChI is InChI=1S/C27H38N2O/c1-8-23-12-11-22(16-24(23)9-2)14-15-29(6)19-27(18-28,20(3)4)25-13-10-21(5)26(17-25)30-7/h10-13,16-17,20H,8-9,14-15,19H2,1-7H3. The Morgan fingerprint density at radius 2 is 1.77 bits per heavy atom. The summed E-state index contributed by atoms with van der Waals surface area (Å²) in [4.78, 5) is 2.30. The van der Waals surface area contributed by atoms with Crippen molar-refractivity contribution in [2.45, 2.75) is 59.3 Å². The predicted molar refractivity (Wildman–Crippen MR) is 126 cm³/mol. The molecular weight excluding hydrogens is 368 g/mol. The predicted octanol–water partition coefficient (Wildman–Crippen LogP) is 5.72. The van der Waals surface area contributed by atoms with Crippen molar-refractivity contribution >= 4 is 0 Å². The van der Waals surface area contributed by atoms with Gasteiger partial charge in [-0.2, -0.15) is 5.26 Å². The Balaban J connectivity index is 2.20. The molecule has 30 heavy (non-hydrogen) atoms. The summed E-state index contributed by atoms with van der Waals surface area (Å²) in [5.74, 6) is 1.03. The maximum atomic E-state index is 10.3. The summed E-state index contributed by atoms with van der Waals surface area (Å²) >= 11 is 0. The lowest BCUT2D eigenvalue weighted by Crippen LogP contribution is -2.43. The van der Waals surface area contributed by atoms with Gasteiger partial charge in [0.25, 0.3) is 0 Å². The molecule has 0 saturated heterocycles. The van der Waals surface area contributed by atoms with E-state index in [9.17, 15) is 5.26 Å². The maximum Gasteiger partial charge on any atom is 0.122 e. The van der Waals surface area contributed by atoms with Crippen molar-refractivity contribution in [3.63, 3.8) is 0 Å². The van der Waals surface area contributed by atoms with Gasteiger partial charge in [-0.1, -0.05) is 58.0 Å². The molecule has 0 amide bonds. The number of nitriles is 1. The molecule has 2 aromatic rings. The minimum atomic E-state index is -0.573. The van der Waals surface area contributed by atoms with E-state index in [2.05, 4.69) is 76.0 Å². The minimum Gasteiger partial charge on any atom is -0.496 e. The first-order valence-corrected chi connectivity index (χ1v) is 11.2. The van der Waals surface area contributed by atoms with Crippen LogP contribution >= 0.6 is 0 Å². The van der Waals surface area contributed by atoms with E-state index in [1.807, 2.05) is 13.0 Å². The highest BCUT2D eigenvalue weighted by molar-refractivity contribution is 5.43. The molecule has 162 valence electrons. The number of likely N-dealkylation sites (N-methyl/N-ethyl adjacent to an activating group) is 1. The van der Waals surface area contributed by atoms with Gasteiger partial charge in [0.1, 0.15) is 5.75 Å². The summed E-state index contributed by atoms with van der Waals surface area (Å²) < 4.78 is 5.53. The molecule has 3 heteroatoms. The van der Waals surface area contributed by atoms with E-state index < -0.39 is 5.41 Å². The van der Waals surface area contributed by atoms with E-state index in [4.69, 9.17) is 4.74 Å². The van der Waals surface area contributed by atoms with Crippen LogP contribution in [0.1, 0.15) is 55.5 Å². The summed E-state index contributed by atoms with van der Waals surface area (Å²) in [5.41, 5.74) is 5.84. The Kier molecular flexibility index (Phi) is 8.50. The van der Waals surface area contributed by atoms with Gasteiger partial charge in [0, 0.05) is 13.1 Å². The molecule has 2 rings (SSSR count). The van der Waals surface area contributed by atoms with E-state index in [1.165, 1.54) is 16.7 Å². The number of ether oxygens (including phenoxy) is 1. The first kappa shape index (κ1) is 24.0. The zero-order chi connectivity index (χ0) is 22.3. The number of hydrogen-bond donors (Lipinski definition) is 0. The van der Waals surface area contributed by atoms with Crippen LogP contribution in [0, 0.1) is 24.2 Å². The van der Waals surface area contributed by atoms with Crippen molar-refractivity contribution in [3.05, 3.63) is 64.2 Å². The van der Waals surface area contributed by atoms with Crippen LogP contribution in [0.25, 0.3) is 0 Å². The Morgan fingerprint density at radius 1 is 1.07 bits per heavy atom. The highest BCUT2D eigenvalue weighted by atomic mass is 16.5. The van der Waals surface area contributed by atoms with Crippen LogP contribution in [0.2, 0.25) is 0 Å². The van der Waals surface area contributed by atoms with Crippen molar-refractivity contribution in [2.75, 3.05) is 27.2 Å². The number of aryl methyl sites for hydroxylation is 3. The van der Waals surface area contributed by atoms with E-state index in [0.29, 0.717) is 6.54 Å². The fourth-order valence-electron chi connectivity index (χ4n) is 4.27. The Morgan fingerprint density at radius 3 is 2.33 bits per heavy atom. The quantitative estimate of drug-likeness (QED) is 0.506. The molecule has 0 fully saturated rings. The van der Waals surface area contributed by atoms with Gasteiger partial charge >= 0.3 is 0 Å². The number of benzene rings is 2. The molecule has 0 saturated carbocycles. The van der Waals surface area contributed by atoms with Crippen LogP contribution < -0.4 is 4.74 Å². The lowest BCUT2D eigenvalue weighted by Gasteiger charge is -2.35. The SMILES string of the molecule is CCc1ccc(CCN(C)CC(C#N)(c2ccc(C)c(OC)c2)C(C)C)cc1CC. The highest BCUT2D eigenvalue weighted by Gasteiger charge is 2.37. The van der Waals surface area contributed by atoms with Crippen molar-refractivity contribution in [1.82, 2.24) is 4.90 Å². The monoisotopic (exact) mass is 406 g/mol.